The van der Waals surface area contributed by atoms with Crippen molar-refractivity contribution in [2.24, 2.45) is 0 Å². The van der Waals surface area contributed by atoms with Gasteiger partial charge in [-0.1, -0.05) is 0 Å². The first kappa shape index (κ1) is 18.4. The first-order chi connectivity index (χ1) is 12.5. The molecule has 1 aliphatic rings. The molecule has 1 saturated heterocycles. The molecule has 0 saturated carbocycles. The Kier molecular flexibility index (Phi) is 5.58. The standard InChI is InChI=1S/C17H22N4O4S/c1-24-13-5-6-14(25-2)15(11-13)26(22,23)19-12-16-18-8-7-17(20-16)21-9-3-4-10-21/h5-8,11,19H,3-4,9-10,12H2,1-2H3. The molecule has 9 heteroatoms. The summed E-state index contributed by atoms with van der Waals surface area (Å²) in [4.78, 5) is 10.8. The van der Waals surface area contributed by atoms with Crippen molar-refractivity contribution in [1.82, 2.24) is 14.7 Å². The molecule has 1 aromatic carbocycles. The molecule has 0 aliphatic carbocycles. The van der Waals surface area contributed by atoms with Gasteiger partial charge in [-0.3, -0.25) is 0 Å². The Morgan fingerprint density at radius 2 is 1.92 bits per heavy atom. The molecule has 2 aromatic rings. The number of hydrogen-bond donors (Lipinski definition) is 1. The summed E-state index contributed by atoms with van der Waals surface area (Å²) in [5.74, 6) is 1.91. The van der Waals surface area contributed by atoms with Crippen LogP contribution in [0.4, 0.5) is 5.82 Å². The van der Waals surface area contributed by atoms with Gasteiger partial charge in [0.2, 0.25) is 10.0 Å². The number of nitrogens with zero attached hydrogens (tertiary/aromatic N) is 3. The van der Waals surface area contributed by atoms with Gasteiger partial charge < -0.3 is 14.4 Å². The quantitative estimate of drug-likeness (QED) is 0.782. The van der Waals surface area contributed by atoms with E-state index >= 15 is 0 Å². The average Bonchev–Trinajstić information content (AvgIpc) is 3.21. The lowest BCUT2D eigenvalue weighted by Crippen LogP contribution is -2.26. The molecule has 1 fully saturated rings. The maximum Gasteiger partial charge on any atom is 0.244 e. The fourth-order valence-corrected chi connectivity index (χ4v) is 3.99. The third-order valence-corrected chi connectivity index (χ3v) is 5.62. The van der Waals surface area contributed by atoms with Crippen molar-refractivity contribution in [3.63, 3.8) is 0 Å². The summed E-state index contributed by atoms with van der Waals surface area (Å²) < 4.78 is 38.2. The third-order valence-electron chi connectivity index (χ3n) is 4.20. The molecule has 140 valence electrons. The van der Waals surface area contributed by atoms with E-state index < -0.39 is 10.0 Å². The Hall–Kier alpha value is -2.39. The summed E-state index contributed by atoms with van der Waals surface area (Å²) in [6, 6.07) is 6.45. The molecule has 1 aromatic heterocycles. The van der Waals surface area contributed by atoms with Crippen LogP contribution in [0.15, 0.2) is 35.4 Å². The van der Waals surface area contributed by atoms with E-state index in [1.807, 2.05) is 6.07 Å². The van der Waals surface area contributed by atoms with E-state index in [4.69, 9.17) is 9.47 Å². The number of aromatic nitrogens is 2. The van der Waals surface area contributed by atoms with Crippen LogP contribution in [0.25, 0.3) is 0 Å². The lowest BCUT2D eigenvalue weighted by atomic mass is 10.3. The zero-order valence-electron chi connectivity index (χ0n) is 14.8. The van der Waals surface area contributed by atoms with Gasteiger partial charge >= 0.3 is 0 Å². The highest BCUT2D eigenvalue weighted by Gasteiger charge is 2.21. The van der Waals surface area contributed by atoms with E-state index in [1.165, 1.54) is 20.3 Å². The van der Waals surface area contributed by atoms with E-state index in [0.29, 0.717) is 11.6 Å². The molecular formula is C17H22N4O4S. The van der Waals surface area contributed by atoms with Gasteiger partial charge in [-0.25, -0.2) is 23.1 Å². The zero-order chi connectivity index (χ0) is 18.6. The molecule has 8 nitrogen and oxygen atoms in total. The van der Waals surface area contributed by atoms with Gasteiger partial charge in [0.25, 0.3) is 0 Å². The van der Waals surface area contributed by atoms with Crippen molar-refractivity contribution in [3.05, 3.63) is 36.3 Å². The van der Waals surface area contributed by atoms with Crippen LogP contribution in [0.5, 0.6) is 11.5 Å². The molecular weight excluding hydrogens is 356 g/mol. The van der Waals surface area contributed by atoms with Crippen LogP contribution >= 0.6 is 0 Å². The molecule has 0 radical (unpaired) electrons. The normalized spacial score (nSPS) is 14.5. The second kappa shape index (κ2) is 7.88. The van der Waals surface area contributed by atoms with Crippen molar-refractivity contribution in [2.45, 2.75) is 24.3 Å². The molecule has 0 unspecified atom stereocenters. The van der Waals surface area contributed by atoms with E-state index in [2.05, 4.69) is 19.6 Å². The van der Waals surface area contributed by atoms with E-state index in [0.717, 1.165) is 31.7 Å². The largest absolute Gasteiger partial charge is 0.497 e. The molecule has 1 N–H and O–H groups in total. The van der Waals surface area contributed by atoms with E-state index in [1.54, 1.807) is 18.3 Å². The minimum Gasteiger partial charge on any atom is -0.497 e. The molecule has 0 spiro atoms. The van der Waals surface area contributed by atoms with Crippen LogP contribution in [0, 0.1) is 0 Å². The lowest BCUT2D eigenvalue weighted by Gasteiger charge is -2.16. The summed E-state index contributed by atoms with van der Waals surface area (Å²) in [6.45, 7) is 1.91. The maximum absolute atomic E-state index is 12.7. The van der Waals surface area contributed by atoms with Crippen LogP contribution in [0.3, 0.4) is 0 Å². The predicted octanol–water partition coefficient (Wildman–Crippen LogP) is 1.57. The Labute approximate surface area is 153 Å². The number of sulfonamides is 1. The SMILES string of the molecule is COc1ccc(OC)c(S(=O)(=O)NCc2nccc(N3CCCC3)n2)c1. The Morgan fingerprint density at radius 3 is 2.62 bits per heavy atom. The summed E-state index contributed by atoms with van der Waals surface area (Å²) >= 11 is 0. The smallest absolute Gasteiger partial charge is 0.244 e. The van der Waals surface area contributed by atoms with Gasteiger partial charge in [0, 0.05) is 25.4 Å². The van der Waals surface area contributed by atoms with E-state index in [9.17, 15) is 8.42 Å². The molecule has 3 rings (SSSR count). The van der Waals surface area contributed by atoms with Gasteiger partial charge in [0.1, 0.15) is 28.0 Å². The number of methoxy groups -OCH3 is 2. The number of ether oxygens (including phenoxy) is 2. The highest BCUT2D eigenvalue weighted by Crippen LogP contribution is 2.28. The summed E-state index contributed by atoms with van der Waals surface area (Å²) in [5, 5.41) is 0. The number of anilines is 1. The fraction of sp³-hybridized carbons (Fsp3) is 0.412. The molecule has 26 heavy (non-hydrogen) atoms. The number of hydrogen-bond acceptors (Lipinski definition) is 7. The molecule has 0 amide bonds. The second-order valence-corrected chi connectivity index (χ2v) is 7.60. The van der Waals surface area contributed by atoms with Gasteiger partial charge in [0.15, 0.2) is 0 Å². The molecule has 1 aliphatic heterocycles. The van der Waals surface area contributed by atoms with Crippen LogP contribution in [0.2, 0.25) is 0 Å². The fourth-order valence-electron chi connectivity index (χ4n) is 2.83. The van der Waals surface area contributed by atoms with Gasteiger partial charge in [-0.2, -0.15) is 0 Å². The highest BCUT2D eigenvalue weighted by molar-refractivity contribution is 7.89. The van der Waals surface area contributed by atoms with Gasteiger partial charge in [-0.15, -0.1) is 0 Å². The van der Waals surface area contributed by atoms with Crippen LogP contribution in [-0.2, 0) is 16.6 Å². The van der Waals surface area contributed by atoms with Crippen molar-refractivity contribution >= 4 is 15.8 Å². The number of benzene rings is 1. The van der Waals surface area contributed by atoms with Gasteiger partial charge in [0.05, 0.1) is 20.8 Å². The van der Waals surface area contributed by atoms with E-state index in [-0.39, 0.29) is 17.2 Å². The monoisotopic (exact) mass is 378 g/mol. The average molecular weight is 378 g/mol. The van der Waals surface area contributed by atoms with Gasteiger partial charge in [-0.05, 0) is 31.0 Å². The maximum atomic E-state index is 12.7. The van der Waals surface area contributed by atoms with Crippen LogP contribution < -0.4 is 19.1 Å². The topological polar surface area (TPSA) is 93.6 Å². The summed E-state index contributed by atoms with van der Waals surface area (Å²) in [5.41, 5.74) is 0. The van der Waals surface area contributed by atoms with Crippen LogP contribution in [-0.4, -0.2) is 45.7 Å². The lowest BCUT2D eigenvalue weighted by molar-refractivity contribution is 0.392. The summed E-state index contributed by atoms with van der Waals surface area (Å²) in [7, 11) is -0.919. The first-order valence-corrected chi connectivity index (χ1v) is 9.80. The third kappa shape index (κ3) is 4.05. The Balaban J connectivity index is 1.77. The predicted molar refractivity (Wildman–Crippen MR) is 97.1 cm³/mol. The Morgan fingerprint density at radius 1 is 1.15 bits per heavy atom. The Bertz CT molecular complexity index is 867. The summed E-state index contributed by atoms with van der Waals surface area (Å²) in [6.07, 6.45) is 3.93. The van der Waals surface area contributed by atoms with Crippen molar-refractivity contribution in [2.75, 3.05) is 32.2 Å². The van der Waals surface area contributed by atoms with Crippen molar-refractivity contribution < 1.29 is 17.9 Å². The molecule has 2 heterocycles. The zero-order valence-corrected chi connectivity index (χ0v) is 15.6. The second-order valence-electron chi connectivity index (χ2n) is 5.87. The highest BCUT2D eigenvalue weighted by atomic mass is 32.2. The number of nitrogens with one attached hydrogen (secondary N) is 1. The first-order valence-electron chi connectivity index (χ1n) is 8.32. The van der Waals surface area contributed by atoms with Crippen molar-refractivity contribution in [3.8, 4) is 11.5 Å². The number of rotatable bonds is 7. The molecule has 0 bridgehead atoms. The molecule has 0 atom stereocenters. The minimum absolute atomic E-state index is 0.00930. The van der Waals surface area contributed by atoms with Crippen molar-refractivity contribution in [1.29, 1.82) is 0 Å². The van der Waals surface area contributed by atoms with Crippen LogP contribution in [0.1, 0.15) is 18.7 Å². The minimum atomic E-state index is -3.81.